The molecule has 0 aromatic heterocycles. The van der Waals surface area contributed by atoms with Crippen LogP contribution in [0.4, 0.5) is 19.2 Å². The second kappa shape index (κ2) is 37.3. The van der Waals surface area contributed by atoms with Crippen molar-refractivity contribution < 1.29 is 56.1 Å². The van der Waals surface area contributed by atoms with Gasteiger partial charge in [-0.2, -0.15) is 0 Å². The summed E-state index contributed by atoms with van der Waals surface area (Å²) in [4.78, 5) is 50.7. The maximum Gasteiger partial charge on any atom is 0.409 e. The van der Waals surface area contributed by atoms with Crippen molar-refractivity contribution in [3.05, 3.63) is 0 Å². The Morgan fingerprint density at radius 2 is 0.581 bits per heavy atom. The molecule has 0 rings (SSSR count). The van der Waals surface area contributed by atoms with Crippen molar-refractivity contribution in [2.45, 2.75) is 94.4 Å². The van der Waals surface area contributed by atoms with E-state index in [0.29, 0.717) is 26.4 Å². The lowest BCUT2D eigenvalue weighted by Gasteiger charge is -2.37. The van der Waals surface area contributed by atoms with Crippen LogP contribution >= 0.6 is 0 Å². The van der Waals surface area contributed by atoms with E-state index in [2.05, 4.69) is 83.5 Å². The number of hydrogen-bond acceptors (Lipinski definition) is 8. The van der Waals surface area contributed by atoms with Crippen molar-refractivity contribution in [3.8, 4) is 0 Å². The lowest BCUT2D eigenvalue weighted by molar-refractivity contribution is -0.927. The molecule has 0 radical (unpaired) electrons. The zero-order valence-electron chi connectivity index (χ0n) is 44.4. The first kappa shape index (κ1) is 65.5. The molecule has 4 amide bonds. The first-order chi connectivity index (χ1) is 28.9. The molecule has 0 bridgehead atoms. The van der Waals surface area contributed by atoms with Crippen LogP contribution in [0.1, 0.15) is 94.4 Å². The highest BCUT2D eigenvalue weighted by Gasteiger charge is 2.25. The summed E-state index contributed by atoms with van der Waals surface area (Å²) in [5.41, 5.74) is 0. The highest BCUT2D eigenvalue weighted by atomic mass is 16.6. The van der Waals surface area contributed by atoms with Gasteiger partial charge in [0.1, 0.15) is 52.6 Å². The number of amides is 4. The lowest BCUT2D eigenvalue weighted by atomic mass is 10.2. The summed E-state index contributed by atoms with van der Waals surface area (Å²) in [6.45, 7) is 35.7. The normalized spacial score (nSPS) is 12.1. The Bertz CT molecular complexity index is 1120. The molecule has 1 unspecified atom stereocenters. The molecule has 0 aliphatic rings. The quantitative estimate of drug-likeness (QED) is 0.0672. The molecule has 16 heteroatoms. The molecular formula is C46H104N8O8+4. The summed E-state index contributed by atoms with van der Waals surface area (Å²) < 4.78 is 24.5. The van der Waals surface area contributed by atoms with E-state index in [1.807, 2.05) is 0 Å². The maximum atomic E-state index is 11.4. The fourth-order valence-corrected chi connectivity index (χ4v) is 6.58. The van der Waals surface area contributed by atoms with Crippen molar-refractivity contribution in [3.63, 3.8) is 0 Å². The van der Waals surface area contributed by atoms with Crippen LogP contribution < -0.4 is 0 Å². The molecule has 0 saturated carbocycles. The summed E-state index contributed by atoms with van der Waals surface area (Å²) >= 11 is 0. The van der Waals surface area contributed by atoms with E-state index in [4.69, 9.17) is 18.9 Å². The molecule has 0 saturated heterocycles. The van der Waals surface area contributed by atoms with Crippen LogP contribution in [-0.4, -0.2) is 251 Å². The molecular weight excluding hydrogens is 793 g/mol. The second-order valence-electron chi connectivity index (χ2n) is 18.1. The number of likely N-dealkylation sites (N-methyl/N-ethyl adjacent to an activating group) is 4. The molecule has 0 aliphatic carbocycles. The number of unbranched alkanes of at least 4 members (excludes halogenated alkanes) is 1. The average Bonchev–Trinajstić information content (AvgIpc) is 3.21. The van der Waals surface area contributed by atoms with Crippen LogP contribution in [0.25, 0.3) is 0 Å². The molecule has 0 heterocycles. The first-order valence-corrected chi connectivity index (χ1v) is 23.6. The van der Waals surface area contributed by atoms with Crippen LogP contribution in [-0.2, 0) is 18.9 Å². The highest BCUT2D eigenvalue weighted by Crippen LogP contribution is 2.12. The van der Waals surface area contributed by atoms with Gasteiger partial charge in [0.15, 0.2) is 0 Å². The summed E-state index contributed by atoms with van der Waals surface area (Å²) in [6.07, 6.45) is 4.99. The predicted octanol–water partition coefficient (Wildman–Crippen LogP) is 7.02. The molecule has 0 N–H and O–H groups in total. The fraction of sp³-hybridized carbons (Fsp3) is 0.913. The van der Waals surface area contributed by atoms with Gasteiger partial charge >= 0.3 is 24.4 Å². The minimum atomic E-state index is -0.275. The third-order valence-electron chi connectivity index (χ3n) is 11.3. The summed E-state index contributed by atoms with van der Waals surface area (Å²) in [7, 11) is 19.8. The molecule has 62 heavy (non-hydrogen) atoms. The summed E-state index contributed by atoms with van der Waals surface area (Å²) in [5.74, 6) is 0. The van der Waals surface area contributed by atoms with Crippen LogP contribution in [0.3, 0.4) is 0 Å². The number of carbonyl (C=O) groups excluding carboxylic acids is 4. The minimum Gasteiger partial charge on any atom is -0.443 e. The van der Waals surface area contributed by atoms with Crippen molar-refractivity contribution in [2.24, 2.45) is 0 Å². The van der Waals surface area contributed by atoms with E-state index < -0.39 is 0 Å². The van der Waals surface area contributed by atoms with Crippen LogP contribution in [0.5, 0.6) is 0 Å². The number of ether oxygens (including phenoxy) is 4. The SMILES string of the molecule is CCCC[N+](CC)(CCC)CCOC(=O)N(C)C.CCC[N+](CC)(CCC)CCOC(=O)N(C)C.CC[N+](CC)(CC)CCOC(=O)N(C)C.CN(C)C(=O)OCC[N+](C)(C)C. The monoisotopic (exact) mass is 897 g/mol. The molecule has 0 aromatic carbocycles. The van der Waals surface area contributed by atoms with Crippen LogP contribution in [0.15, 0.2) is 0 Å². The first-order valence-electron chi connectivity index (χ1n) is 23.6. The zero-order chi connectivity index (χ0) is 49.0. The molecule has 0 spiro atoms. The Morgan fingerprint density at radius 1 is 0.339 bits per heavy atom. The van der Waals surface area contributed by atoms with Crippen molar-refractivity contribution in [1.29, 1.82) is 0 Å². The van der Waals surface area contributed by atoms with Crippen LogP contribution in [0, 0.1) is 0 Å². The van der Waals surface area contributed by atoms with Crippen LogP contribution in [0.2, 0.25) is 0 Å². The van der Waals surface area contributed by atoms with Gasteiger partial charge in [-0.3, -0.25) is 0 Å². The van der Waals surface area contributed by atoms with Gasteiger partial charge in [-0.25, -0.2) is 19.2 Å². The number of hydrogen-bond donors (Lipinski definition) is 0. The Morgan fingerprint density at radius 3 is 0.790 bits per heavy atom. The van der Waals surface area contributed by atoms with Gasteiger partial charge in [0.25, 0.3) is 0 Å². The van der Waals surface area contributed by atoms with E-state index in [1.54, 1.807) is 56.4 Å². The van der Waals surface area contributed by atoms with E-state index in [9.17, 15) is 19.2 Å². The van der Waals surface area contributed by atoms with Gasteiger partial charge in [0.2, 0.25) is 0 Å². The van der Waals surface area contributed by atoms with Gasteiger partial charge in [-0.05, 0) is 60.3 Å². The Labute approximate surface area is 382 Å². The molecule has 0 aliphatic heterocycles. The van der Waals surface area contributed by atoms with Gasteiger partial charge in [-0.15, -0.1) is 0 Å². The van der Waals surface area contributed by atoms with E-state index in [0.717, 1.165) is 76.8 Å². The van der Waals surface area contributed by atoms with E-state index in [-0.39, 0.29) is 24.4 Å². The van der Waals surface area contributed by atoms with Crippen molar-refractivity contribution >= 4 is 24.4 Å². The Kier molecular flexibility index (Phi) is 39.4. The lowest BCUT2D eigenvalue weighted by Crippen LogP contribution is -2.51. The largest absolute Gasteiger partial charge is 0.443 e. The zero-order valence-corrected chi connectivity index (χ0v) is 44.4. The molecule has 16 nitrogen and oxygen atoms in total. The Balaban J connectivity index is -0.000000365. The number of nitrogens with zero attached hydrogens (tertiary/aromatic N) is 8. The number of quaternary nitrogens is 4. The molecule has 1 atom stereocenters. The summed E-state index contributed by atoms with van der Waals surface area (Å²) in [5, 5.41) is 0. The Hall–Kier alpha value is -3.08. The third-order valence-corrected chi connectivity index (χ3v) is 11.3. The van der Waals surface area contributed by atoms with Gasteiger partial charge in [0, 0.05) is 56.4 Å². The highest BCUT2D eigenvalue weighted by molar-refractivity contribution is 5.67. The van der Waals surface area contributed by atoms with Crippen molar-refractivity contribution in [1.82, 2.24) is 19.6 Å². The van der Waals surface area contributed by atoms with E-state index in [1.165, 1.54) is 77.9 Å². The van der Waals surface area contributed by atoms with E-state index >= 15 is 0 Å². The minimum absolute atomic E-state index is 0.240. The molecule has 0 aromatic rings. The smallest absolute Gasteiger partial charge is 0.409 e. The van der Waals surface area contributed by atoms with Gasteiger partial charge in [-0.1, -0.05) is 34.1 Å². The summed E-state index contributed by atoms with van der Waals surface area (Å²) in [6, 6.07) is 0. The average molecular weight is 897 g/mol. The molecule has 372 valence electrons. The third kappa shape index (κ3) is 33.5. The number of carbonyl (C=O) groups is 4. The topological polar surface area (TPSA) is 118 Å². The predicted molar refractivity (Wildman–Crippen MR) is 256 cm³/mol. The molecule has 0 fully saturated rings. The second-order valence-corrected chi connectivity index (χ2v) is 18.1. The fourth-order valence-electron chi connectivity index (χ4n) is 6.58. The van der Waals surface area contributed by atoms with Crippen molar-refractivity contribution in [2.75, 3.05) is 189 Å². The van der Waals surface area contributed by atoms with Gasteiger partial charge in [0.05, 0.1) is 80.0 Å². The standard InChI is InChI=1S/C14H31N2O2.C13H29N2O2.C11H25N2O2.C8H19N2O2/c1-6-9-11-16(8-3,10-7-2)12-13-18-14(17)15(4)5;1-6-9-15(8-3,10-7-2)11-12-17-13(16)14(4)5;1-6-13(7-2,8-3)9-10-15-11(14)12(4)5;1-9(2)8(11)12-7-6-10(3,4)5/h6-13H2,1-5H3;6-12H2,1-5H3;6-10H2,1-5H3;6-7H2,1-5H3/q4*+1. The maximum absolute atomic E-state index is 11.4. The number of rotatable bonds is 26. The van der Waals surface area contributed by atoms with Gasteiger partial charge < -0.3 is 56.5 Å².